The summed E-state index contributed by atoms with van der Waals surface area (Å²) in [4.78, 5) is 0. The summed E-state index contributed by atoms with van der Waals surface area (Å²) < 4.78 is 10.6. The van der Waals surface area contributed by atoms with Crippen molar-refractivity contribution in [1.82, 2.24) is 5.32 Å². The molecule has 1 aromatic rings. The molecule has 0 aromatic heterocycles. The lowest BCUT2D eigenvalue weighted by molar-refractivity contribution is 0.387. The zero-order valence-electron chi connectivity index (χ0n) is 12.4. The monoisotopic (exact) mass is 266 g/mol. The third-order valence-corrected chi connectivity index (χ3v) is 3.35. The van der Waals surface area contributed by atoms with Gasteiger partial charge in [0.1, 0.15) is 11.5 Å². The van der Waals surface area contributed by atoms with Gasteiger partial charge in [-0.15, -0.1) is 0 Å². The fourth-order valence-electron chi connectivity index (χ4n) is 2.04. The topological polar surface area (TPSA) is 56.5 Å². The van der Waals surface area contributed by atoms with Gasteiger partial charge in [0.2, 0.25) is 0 Å². The smallest absolute Gasteiger partial charge is 0.125 e. The van der Waals surface area contributed by atoms with E-state index >= 15 is 0 Å². The first-order valence-corrected chi connectivity index (χ1v) is 6.76. The minimum absolute atomic E-state index is 0.365. The van der Waals surface area contributed by atoms with Gasteiger partial charge in [0.05, 0.1) is 14.2 Å². The average molecular weight is 266 g/mol. The van der Waals surface area contributed by atoms with Crippen molar-refractivity contribution in [3.8, 4) is 11.5 Å². The molecule has 0 aliphatic rings. The molecule has 1 rings (SSSR count). The van der Waals surface area contributed by atoms with Gasteiger partial charge < -0.3 is 20.5 Å². The van der Waals surface area contributed by atoms with Gasteiger partial charge in [-0.25, -0.2) is 0 Å². The van der Waals surface area contributed by atoms with Gasteiger partial charge >= 0.3 is 0 Å². The van der Waals surface area contributed by atoms with Crippen LogP contribution in [-0.2, 0) is 6.42 Å². The second kappa shape index (κ2) is 8.02. The summed E-state index contributed by atoms with van der Waals surface area (Å²) in [5.41, 5.74) is 6.92. The standard InChI is InChI=1S/C15H26N2O2/c1-11(2)14(10-16)17-8-7-12-5-6-13(18-3)9-15(12)19-4/h5-6,9,11,14,17H,7-8,10,16H2,1-4H3. The van der Waals surface area contributed by atoms with E-state index in [2.05, 4.69) is 19.2 Å². The van der Waals surface area contributed by atoms with Crippen LogP contribution in [-0.4, -0.2) is 33.4 Å². The van der Waals surface area contributed by atoms with Crippen LogP contribution in [0.4, 0.5) is 0 Å². The highest BCUT2D eigenvalue weighted by atomic mass is 16.5. The van der Waals surface area contributed by atoms with E-state index in [0.29, 0.717) is 18.5 Å². The molecule has 0 aliphatic carbocycles. The molecule has 0 radical (unpaired) electrons. The number of benzene rings is 1. The summed E-state index contributed by atoms with van der Waals surface area (Å²) in [7, 11) is 3.34. The Hall–Kier alpha value is -1.26. The summed E-state index contributed by atoms with van der Waals surface area (Å²) in [6, 6.07) is 6.29. The molecule has 1 unspecified atom stereocenters. The molecule has 4 heteroatoms. The Morgan fingerprint density at radius 2 is 1.95 bits per heavy atom. The molecule has 108 valence electrons. The normalized spacial score (nSPS) is 12.5. The maximum atomic E-state index is 5.74. The lowest BCUT2D eigenvalue weighted by Gasteiger charge is -2.20. The molecule has 0 amide bonds. The molecular weight excluding hydrogens is 240 g/mol. The second-order valence-corrected chi connectivity index (χ2v) is 4.97. The van der Waals surface area contributed by atoms with E-state index in [1.54, 1.807) is 14.2 Å². The molecule has 4 nitrogen and oxygen atoms in total. The highest BCUT2D eigenvalue weighted by Gasteiger charge is 2.11. The second-order valence-electron chi connectivity index (χ2n) is 4.97. The Morgan fingerprint density at radius 1 is 1.21 bits per heavy atom. The maximum absolute atomic E-state index is 5.74. The first-order valence-electron chi connectivity index (χ1n) is 6.76. The zero-order valence-corrected chi connectivity index (χ0v) is 12.4. The number of ether oxygens (including phenoxy) is 2. The molecular formula is C15H26N2O2. The molecule has 1 aromatic carbocycles. The van der Waals surface area contributed by atoms with Crippen LogP contribution in [0.1, 0.15) is 19.4 Å². The van der Waals surface area contributed by atoms with E-state index in [0.717, 1.165) is 24.5 Å². The minimum Gasteiger partial charge on any atom is -0.497 e. The van der Waals surface area contributed by atoms with Crippen molar-refractivity contribution in [2.75, 3.05) is 27.3 Å². The Labute approximate surface area is 116 Å². The van der Waals surface area contributed by atoms with Gasteiger partial charge in [-0.2, -0.15) is 0 Å². The van der Waals surface area contributed by atoms with Gasteiger partial charge in [-0.1, -0.05) is 19.9 Å². The van der Waals surface area contributed by atoms with E-state index in [9.17, 15) is 0 Å². The van der Waals surface area contributed by atoms with Crippen LogP contribution in [0.25, 0.3) is 0 Å². The Kier molecular flexibility index (Phi) is 6.67. The van der Waals surface area contributed by atoms with Crippen molar-refractivity contribution < 1.29 is 9.47 Å². The fourth-order valence-corrected chi connectivity index (χ4v) is 2.04. The van der Waals surface area contributed by atoms with E-state index in [1.165, 1.54) is 5.56 Å². The van der Waals surface area contributed by atoms with Crippen LogP contribution < -0.4 is 20.5 Å². The average Bonchev–Trinajstić information content (AvgIpc) is 2.43. The number of methoxy groups -OCH3 is 2. The molecule has 19 heavy (non-hydrogen) atoms. The van der Waals surface area contributed by atoms with Gasteiger partial charge in [0, 0.05) is 18.7 Å². The number of hydrogen-bond donors (Lipinski definition) is 2. The Balaban J connectivity index is 2.57. The van der Waals surface area contributed by atoms with E-state index < -0.39 is 0 Å². The molecule has 0 fully saturated rings. The summed E-state index contributed by atoms with van der Waals surface area (Å²) in [6.07, 6.45) is 0.913. The summed E-state index contributed by atoms with van der Waals surface area (Å²) >= 11 is 0. The van der Waals surface area contributed by atoms with Crippen molar-refractivity contribution in [1.29, 1.82) is 0 Å². The molecule has 0 aliphatic heterocycles. The summed E-state index contributed by atoms with van der Waals surface area (Å²) in [5, 5.41) is 3.49. The van der Waals surface area contributed by atoms with Gasteiger partial charge in [0.25, 0.3) is 0 Å². The minimum atomic E-state index is 0.365. The van der Waals surface area contributed by atoms with E-state index in [1.807, 2.05) is 18.2 Å². The van der Waals surface area contributed by atoms with Crippen LogP contribution in [0.3, 0.4) is 0 Å². The van der Waals surface area contributed by atoms with Crippen molar-refractivity contribution in [3.05, 3.63) is 23.8 Å². The van der Waals surface area contributed by atoms with E-state index in [-0.39, 0.29) is 0 Å². The van der Waals surface area contributed by atoms with Crippen LogP contribution in [0, 0.1) is 5.92 Å². The molecule has 0 bridgehead atoms. The predicted octanol–water partition coefficient (Wildman–Crippen LogP) is 1.82. The van der Waals surface area contributed by atoms with Crippen LogP contribution in [0.2, 0.25) is 0 Å². The van der Waals surface area contributed by atoms with Gasteiger partial charge in [-0.3, -0.25) is 0 Å². The largest absolute Gasteiger partial charge is 0.497 e. The van der Waals surface area contributed by atoms with Crippen molar-refractivity contribution in [2.24, 2.45) is 11.7 Å². The number of nitrogens with two attached hydrogens (primary N) is 1. The molecule has 3 N–H and O–H groups in total. The van der Waals surface area contributed by atoms with Gasteiger partial charge in [-0.05, 0) is 30.5 Å². The van der Waals surface area contributed by atoms with Crippen molar-refractivity contribution in [2.45, 2.75) is 26.3 Å². The molecule has 0 heterocycles. The lowest BCUT2D eigenvalue weighted by Crippen LogP contribution is -2.41. The molecule has 0 saturated carbocycles. The van der Waals surface area contributed by atoms with Crippen LogP contribution >= 0.6 is 0 Å². The first-order chi connectivity index (χ1) is 9.12. The molecule has 0 spiro atoms. The van der Waals surface area contributed by atoms with Crippen LogP contribution in [0.15, 0.2) is 18.2 Å². The SMILES string of the molecule is COc1ccc(CCNC(CN)C(C)C)c(OC)c1. The predicted molar refractivity (Wildman–Crippen MR) is 78.9 cm³/mol. The third kappa shape index (κ3) is 4.73. The lowest BCUT2D eigenvalue weighted by atomic mass is 10.0. The van der Waals surface area contributed by atoms with Crippen LogP contribution in [0.5, 0.6) is 11.5 Å². The summed E-state index contributed by atoms with van der Waals surface area (Å²) in [6.45, 7) is 5.91. The Bertz CT molecular complexity index is 380. The third-order valence-electron chi connectivity index (χ3n) is 3.35. The highest BCUT2D eigenvalue weighted by molar-refractivity contribution is 5.40. The molecule has 1 atom stereocenters. The maximum Gasteiger partial charge on any atom is 0.125 e. The first kappa shape index (κ1) is 15.8. The quantitative estimate of drug-likeness (QED) is 0.753. The number of nitrogens with one attached hydrogen (secondary N) is 1. The van der Waals surface area contributed by atoms with Crippen molar-refractivity contribution in [3.63, 3.8) is 0 Å². The highest BCUT2D eigenvalue weighted by Crippen LogP contribution is 2.24. The fraction of sp³-hybridized carbons (Fsp3) is 0.600. The van der Waals surface area contributed by atoms with E-state index in [4.69, 9.17) is 15.2 Å². The Morgan fingerprint density at radius 3 is 2.47 bits per heavy atom. The number of rotatable bonds is 8. The van der Waals surface area contributed by atoms with Crippen molar-refractivity contribution >= 4 is 0 Å². The number of hydrogen-bond acceptors (Lipinski definition) is 4. The molecule has 0 saturated heterocycles. The summed E-state index contributed by atoms with van der Waals surface area (Å²) in [5.74, 6) is 2.23. The van der Waals surface area contributed by atoms with Gasteiger partial charge in [0.15, 0.2) is 0 Å². The zero-order chi connectivity index (χ0) is 14.3.